The quantitative estimate of drug-likeness (QED) is 0.828. The number of nitrogens with one attached hydrogen (secondary N) is 1. The van der Waals surface area contributed by atoms with Crippen LogP contribution in [0, 0.1) is 0 Å². The first-order chi connectivity index (χ1) is 9.48. The van der Waals surface area contributed by atoms with E-state index in [-0.39, 0.29) is 21.6 Å². The van der Waals surface area contributed by atoms with Gasteiger partial charge in [-0.15, -0.1) is 0 Å². The van der Waals surface area contributed by atoms with Crippen LogP contribution in [0.3, 0.4) is 0 Å². The minimum Gasteiger partial charge on any atom is -0.382 e. The molecule has 8 heteroatoms. The summed E-state index contributed by atoms with van der Waals surface area (Å²) in [5, 5.41) is 3.47. The van der Waals surface area contributed by atoms with Crippen LogP contribution in [0.1, 0.15) is 32.1 Å². The molecule has 3 rings (SSSR count). The van der Waals surface area contributed by atoms with Crippen molar-refractivity contribution in [3.63, 3.8) is 0 Å². The van der Waals surface area contributed by atoms with Gasteiger partial charge in [-0.1, -0.05) is 0 Å². The molecule has 0 saturated heterocycles. The molecule has 2 fully saturated rings. The second-order valence-electron chi connectivity index (χ2n) is 5.56. The van der Waals surface area contributed by atoms with Crippen molar-refractivity contribution in [2.75, 3.05) is 24.7 Å². The zero-order valence-electron chi connectivity index (χ0n) is 11.4. The summed E-state index contributed by atoms with van der Waals surface area (Å²) < 4.78 is 34.3. The third-order valence-corrected chi connectivity index (χ3v) is 7.47. The number of nitrogen functional groups attached to an aromatic ring is 1. The topological polar surface area (TPSA) is 94.3 Å². The molecule has 2 saturated carbocycles. The molecule has 112 valence electrons. The maximum absolute atomic E-state index is 12.4. The Morgan fingerprint density at radius 3 is 2.70 bits per heavy atom. The first kappa shape index (κ1) is 14.1. The van der Waals surface area contributed by atoms with E-state index in [0.29, 0.717) is 11.5 Å². The molecule has 1 aromatic heterocycles. The Balaban J connectivity index is 1.80. The summed E-state index contributed by atoms with van der Waals surface area (Å²) in [5.41, 5.74) is 5.59. The number of aromatic nitrogens is 1. The van der Waals surface area contributed by atoms with Crippen LogP contribution in [0.2, 0.25) is 0 Å². The number of hydrogen-bond donors (Lipinski definition) is 2. The van der Waals surface area contributed by atoms with Gasteiger partial charge in [0.1, 0.15) is 9.90 Å². The lowest BCUT2D eigenvalue weighted by Crippen LogP contribution is -2.45. The van der Waals surface area contributed by atoms with Crippen molar-refractivity contribution in [3.05, 3.63) is 0 Å². The highest BCUT2D eigenvalue weighted by molar-refractivity contribution is 7.92. The van der Waals surface area contributed by atoms with E-state index in [9.17, 15) is 8.42 Å². The predicted octanol–water partition coefficient (Wildman–Crippen LogP) is 1.64. The molecule has 1 heterocycles. The molecule has 0 atom stereocenters. The van der Waals surface area contributed by atoms with Gasteiger partial charge in [-0.3, -0.25) is 0 Å². The van der Waals surface area contributed by atoms with Crippen LogP contribution in [0.5, 0.6) is 0 Å². The number of rotatable bonds is 6. The van der Waals surface area contributed by atoms with Crippen molar-refractivity contribution in [1.29, 1.82) is 0 Å². The highest BCUT2D eigenvalue weighted by Gasteiger charge is 2.42. The van der Waals surface area contributed by atoms with Gasteiger partial charge in [0.25, 0.3) is 0 Å². The Morgan fingerprint density at radius 2 is 2.20 bits per heavy atom. The predicted molar refractivity (Wildman–Crippen MR) is 78.8 cm³/mol. The van der Waals surface area contributed by atoms with E-state index in [4.69, 9.17) is 10.5 Å². The van der Waals surface area contributed by atoms with Crippen LogP contribution in [0.15, 0.2) is 4.90 Å². The van der Waals surface area contributed by atoms with E-state index in [1.165, 1.54) is 0 Å². The molecule has 0 amide bonds. The van der Waals surface area contributed by atoms with E-state index in [1.54, 1.807) is 7.11 Å². The largest absolute Gasteiger partial charge is 0.382 e. The molecular formula is C12H19N3O3S2. The van der Waals surface area contributed by atoms with Gasteiger partial charge in [0.05, 0.1) is 10.9 Å². The van der Waals surface area contributed by atoms with Crippen LogP contribution >= 0.6 is 11.5 Å². The van der Waals surface area contributed by atoms with Crippen LogP contribution in [-0.2, 0) is 14.6 Å². The van der Waals surface area contributed by atoms with Crippen molar-refractivity contribution in [2.45, 2.75) is 47.9 Å². The number of nitrogens with two attached hydrogens (primary N) is 1. The second kappa shape index (κ2) is 4.85. The SMILES string of the molecule is COC1(CNc2snc(N)c2S(=O)(=O)C2CC2)CCC1. The van der Waals surface area contributed by atoms with Crippen molar-refractivity contribution in [3.8, 4) is 0 Å². The second-order valence-corrected chi connectivity index (χ2v) is 8.50. The van der Waals surface area contributed by atoms with Gasteiger partial charge < -0.3 is 15.8 Å². The Bertz CT molecular complexity index is 598. The van der Waals surface area contributed by atoms with Crippen LogP contribution in [0.25, 0.3) is 0 Å². The van der Waals surface area contributed by atoms with Crippen LogP contribution < -0.4 is 11.1 Å². The molecule has 3 N–H and O–H groups in total. The zero-order valence-corrected chi connectivity index (χ0v) is 13.0. The standard InChI is InChI=1S/C12H19N3O3S2/c1-18-12(5-2-6-12)7-14-11-9(10(13)15-19-11)20(16,17)8-3-4-8/h8,14H,2-7H2,1H3,(H2,13,15). The minimum absolute atomic E-state index is 0.115. The monoisotopic (exact) mass is 317 g/mol. The maximum atomic E-state index is 12.4. The lowest BCUT2D eigenvalue weighted by Gasteiger charge is -2.40. The van der Waals surface area contributed by atoms with Gasteiger partial charge in [-0.25, -0.2) is 8.42 Å². The molecule has 0 aliphatic heterocycles. The van der Waals surface area contributed by atoms with E-state index in [1.807, 2.05) is 0 Å². The minimum atomic E-state index is -3.33. The van der Waals surface area contributed by atoms with Gasteiger partial charge in [0, 0.05) is 13.7 Å². The average molecular weight is 317 g/mol. The number of nitrogens with zero attached hydrogens (tertiary/aromatic N) is 1. The third kappa shape index (κ3) is 2.29. The van der Waals surface area contributed by atoms with E-state index < -0.39 is 9.84 Å². The summed E-state index contributed by atoms with van der Waals surface area (Å²) in [6, 6.07) is 0. The summed E-state index contributed by atoms with van der Waals surface area (Å²) in [6.45, 7) is 0.596. The van der Waals surface area contributed by atoms with Crippen molar-refractivity contribution >= 4 is 32.2 Å². The average Bonchev–Trinajstić information content (AvgIpc) is 3.14. The number of ether oxygens (including phenoxy) is 1. The Kier molecular flexibility index (Phi) is 3.42. The summed E-state index contributed by atoms with van der Waals surface area (Å²) in [7, 11) is -1.63. The summed E-state index contributed by atoms with van der Waals surface area (Å²) in [5.74, 6) is 0.115. The molecule has 0 radical (unpaired) electrons. The lowest BCUT2D eigenvalue weighted by molar-refractivity contribution is -0.0601. The highest BCUT2D eigenvalue weighted by atomic mass is 32.2. The van der Waals surface area contributed by atoms with Gasteiger partial charge in [0.15, 0.2) is 15.7 Å². The third-order valence-electron chi connectivity index (χ3n) is 4.19. The molecule has 0 bridgehead atoms. The highest BCUT2D eigenvalue weighted by Crippen LogP contribution is 2.42. The summed E-state index contributed by atoms with van der Waals surface area (Å²) in [4.78, 5) is 0.190. The fourth-order valence-electron chi connectivity index (χ4n) is 2.49. The maximum Gasteiger partial charge on any atom is 0.187 e. The molecule has 1 aromatic rings. The zero-order chi connectivity index (χ0) is 14.4. The molecule has 0 spiro atoms. The van der Waals surface area contributed by atoms with Gasteiger partial charge in [-0.05, 0) is 43.6 Å². The molecule has 20 heavy (non-hydrogen) atoms. The van der Waals surface area contributed by atoms with E-state index in [0.717, 1.165) is 43.6 Å². The number of sulfone groups is 1. The van der Waals surface area contributed by atoms with Gasteiger partial charge >= 0.3 is 0 Å². The number of methoxy groups -OCH3 is 1. The fraction of sp³-hybridized carbons (Fsp3) is 0.750. The van der Waals surface area contributed by atoms with E-state index in [2.05, 4.69) is 9.69 Å². The molecule has 0 aromatic carbocycles. The summed E-state index contributed by atoms with van der Waals surface area (Å²) >= 11 is 1.11. The van der Waals surface area contributed by atoms with Crippen LogP contribution in [0.4, 0.5) is 10.8 Å². The van der Waals surface area contributed by atoms with Gasteiger partial charge in [-0.2, -0.15) is 4.37 Å². The van der Waals surface area contributed by atoms with Crippen LogP contribution in [-0.4, -0.2) is 37.3 Å². The first-order valence-corrected chi connectivity index (χ1v) is 9.08. The van der Waals surface area contributed by atoms with Crippen molar-refractivity contribution < 1.29 is 13.2 Å². The molecule has 2 aliphatic rings. The molecule has 0 unspecified atom stereocenters. The molecule has 2 aliphatic carbocycles. The van der Waals surface area contributed by atoms with Crippen molar-refractivity contribution in [1.82, 2.24) is 4.37 Å². The van der Waals surface area contributed by atoms with E-state index >= 15 is 0 Å². The van der Waals surface area contributed by atoms with Gasteiger partial charge in [0.2, 0.25) is 0 Å². The Morgan fingerprint density at radius 1 is 1.50 bits per heavy atom. The molecule has 6 nitrogen and oxygen atoms in total. The number of anilines is 2. The fourth-order valence-corrected chi connectivity index (χ4v) is 5.37. The molecular weight excluding hydrogens is 298 g/mol. The first-order valence-electron chi connectivity index (χ1n) is 6.77. The Hall–Kier alpha value is -0.860. The summed E-state index contributed by atoms with van der Waals surface area (Å²) in [6.07, 6.45) is 4.58. The lowest BCUT2D eigenvalue weighted by atomic mass is 9.80. The smallest absolute Gasteiger partial charge is 0.187 e. The normalized spacial score (nSPS) is 21.4. The Labute approximate surface area is 122 Å². The number of hydrogen-bond acceptors (Lipinski definition) is 7. The van der Waals surface area contributed by atoms with Crippen molar-refractivity contribution in [2.24, 2.45) is 0 Å².